The van der Waals surface area contributed by atoms with Gasteiger partial charge in [0.15, 0.2) is 5.78 Å². The predicted molar refractivity (Wildman–Crippen MR) is 162 cm³/mol. The first-order valence-electron chi connectivity index (χ1n) is 13.3. The minimum atomic E-state index is -0.931. The Bertz CT molecular complexity index is 1770. The number of nitrogens with zero attached hydrogens (tertiary/aromatic N) is 8. The number of anilines is 1. The standard InChI is InChI=1S/C29H28BrN9O4/c1-5-22-18(12-34-43)8-23(29(42)36-28-15(2)6-7-25(30)35-28)39(22)26(41)14-38-24-13-33-21(19-10-31-17(4)32-11-19)9-20(24)27(37-38)16(3)40/h5-7,9-13,18,22-23,43H,1,8,14H2,2-4H3,(H,35,36,42)/b34-12+/t18-,22-,23+/m1/s1. The van der Waals surface area contributed by atoms with E-state index in [1.165, 1.54) is 22.7 Å². The van der Waals surface area contributed by atoms with Crippen LogP contribution in [0.25, 0.3) is 22.2 Å². The van der Waals surface area contributed by atoms with E-state index >= 15 is 0 Å². The minimum Gasteiger partial charge on any atom is -0.411 e. The van der Waals surface area contributed by atoms with Crippen molar-refractivity contribution in [1.82, 2.24) is 34.6 Å². The molecule has 14 heteroatoms. The molecule has 0 bridgehead atoms. The quantitative estimate of drug-likeness (QED) is 0.0724. The number of pyridine rings is 2. The molecule has 3 atom stereocenters. The molecule has 5 heterocycles. The summed E-state index contributed by atoms with van der Waals surface area (Å²) in [7, 11) is 0. The fourth-order valence-electron chi connectivity index (χ4n) is 5.20. The van der Waals surface area contributed by atoms with Crippen LogP contribution in [0.4, 0.5) is 5.82 Å². The highest BCUT2D eigenvalue weighted by atomic mass is 79.9. The van der Waals surface area contributed by atoms with Crippen LogP contribution in [0.1, 0.15) is 35.2 Å². The maximum atomic E-state index is 14.0. The lowest BCUT2D eigenvalue weighted by molar-refractivity contribution is -0.138. The Labute approximate surface area is 254 Å². The van der Waals surface area contributed by atoms with Crippen molar-refractivity contribution in [3.8, 4) is 11.3 Å². The summed E-state index contributed by atoms with van der Waals surface area (Å²) in [6, 6.07) is 3.70. The lowest BCUT2D eigenvalue weighted by Crippen LogP contribution is -2.48. The second-order valence-corrected chi connectivity index (χ2v) is 11.0. The first-order valence-corrected chi connectivity index (χ1v) is 14.1. The average Bonchev–Trinajstić information content (AvgIpc) is 3.53. The van der Waals surface area contributed by atoms with E-state index in [4.69, 9.17) is 0 Å². The van der Waals surface area contributed by atoms with Gasteiger partial charge in [0.05, 0.1) is 23.4 Å². The number of hydrogen-bond donors (Lipinski definition) is 2. The van der Waals surface area contributed by atoms with Crippen LogP contribution in [0.3, 0.4) is 0 Å². The van der Waals surface area contributed by atoms with E-state index in [-0.39, 0.29) is 24.4 Å². The fraction of sp³-hybridized carbons (Fsp3) is 0.276. The molecule has 2 N–H and O–H groups in total. The van der Waals surface area contributed by atoms with Gasteiger partial charge in [-0.1, -0.05) is 12.1 Å². The first-order chi connectivity index (χ1) is 20.6. The third-order valence-electron chi connectivity index (χ3n) is 7.32. The van der Waals surface area contributed by atoms with Crippen molar-refractivity contribution in [2.24, 2.45) is 11.1 Å². The monoisotopic (exact) mass is 645 g/mol. The molecular weight excluding hydrogens is 618 g/mol. The van der Waals surface area contributed by atoms with Crippen LogP contribution in [0.2, 0.25) is 0 Å². The van der Waals surface area contributed by atoms with Gasteiger partial charge in [0.2, 0.25) is 11.8 Å². The molecule has 0 spiro atoms. The van der Waals surface area contributed by atoms with Crippen molar-refractivity contribution >= 4 is 56.5 Å². The van der Waals surface area contributed by atoms with Crippen molar-refractivity contribution in [3.05, 3.63) is 71.1 Å². The van der Waals surface area contributed by atoms with Crippen molar-refractivity contribution in [1.29, 1.82) is 0 Å². The summed E-state index contributed by atoms with van der Waals surface area (Å²) in [5.41, 5.74) is 2.60. The summed E-state index contributed by atoms with van der Waals surface area (Å²) < 4.78 is 1.94. The molecule has 1 saturated heterocycles. The number of aryl methyl sites for hydroxylation is 2. The zero-order chi connectivity index (χ0) is 30.8. The second-order valence-electron chi connectivity index (χ2n) is 10.2. The van der Waals surface area contributed by atoms with E-state index in [0.717, 1.165) is 5.56 Å². The highest BCUT2D eigenvalue weighted by Gasteiger charge is 2.45. The molecule has 0 aliphatic carbocycles. The van der Waals surface area contributed by atoms with Crippen molar-refractivity contribution in [3.63, 3.8) is 0 Å². The van der Waals surface area contributed by atoms with Gasteiger partial charge in [-0.25, -0.2) is 15.0 Å². The molecule has 220 valence electrons. The highest BCUT2D eigenvalue weighted by Crippen LogP contribution is 2.32. The summed E-state index contributed by atoms with van der Waals surface area (Å²) in [6.07, 6.45) is 7.85. The molecule has 1 aliphatic rings. The minimum absolute atomic E-state index is 0.178. The van der Waals surface area contributed by atoms with E-state index < -0.39 is 29.8 Å². The van der Waals surface area contributed by atoms with Gasteiger partial charge in [0, 0.05) is 42.4 Å². The number of oxime groups is 1. The Hall–Kier alpha value is -4.85. The molecule has 43 heavy (non-hydrogen) atoms. The van der Waals surface area contributed by atoms with Crippen LogP contribution in [-0.2, 0) is 16.1 Å². The predicted octanol–water partition coefficient (Wildman–Crippen LogP) is 3.74. The summed E-state index contributed by atoms with van der Waals surface area (Å²) >= 11 is 3.31. The molecule has 1 aliphatic heterocycles. The van der Waals surface area contributed by atoms with Gasteiger partial charge < -0.3 is 15.4 Å². The molecule has 0 radical (unpaired) electrons. The number of hydrogen-bond acceptors (Lipinski definition) is 10. The third-order valence-corrected chi connectivity index (χ3v) is 7.76. The second kappa shape index (κ2) is 12.2. The Morgan fingerprint density at radius 2 is 1.93 bits per heavy atom. The number of ketones is 1. The molecule has 0 aromatic carbocycles. The van der Waals surface area contributed by atoms with E-state index in [0.29, 0.717) is 38.4 Å². The van der Waals surface area contributed by atoms with Crippen LogP contribution in [0.5, 0.6) is 0 Å². The van der Waals surface area contributed by atoms with E-state index in [1.807, 2.05) is 0 Å². The van der Waals surface area contributed by atoms with E-state index in [1.54, 1.807) is 56.7 Å². The van der Waals surface area contributed by atoms with Crippen LogP contribution < -0.4 is 5.32 Å². The lowest BCUT2D eigenvalue weighted by Gasteiger charge is -2.29. The number of carbonyl (C=O) groups excluding carboxylic acids is 3. The first kappa shape index (κ1) is 29.6. The summed E-state index contributed by atoms with van der Waals surface area (Å²) in [4.78, 5) is 58.8. The van der Waals surface area contributed by atoms with Gasteiger partial charge in [-0.05, 0) is 53.9 Å². The van der Waals surface area contributed by atoms with Gasteiger partial charge in [-0.3, -0.25) is 24.0 Å². The summed E-state index contributed by atoms with van der Waals surface area (Å²) in [6.45, 7) is 8.56. The van der Waals surface area contributed by atoms with Gasteiger partial charge in [-0.15, -0.1) is 11.7 Å². The Kier molecular flexibility index (Phi) is 8.39. The number of fused-ring (bicyclic) bond motifs is 1. The molecule has 0 saturated carbocycles. The summed E-state index contributed by atoms with van der Waals surface area (Å²) in [5.74, 6) is -0.694. The molecular formula is C29H28BrN9O4. The van der Waals surface area contributed by atoms with Gasteiger partial charge in [-0.2, -0.15) is 5.10 Å². The molecule has 4 aromatic heterocycles. The number of carbonyl (C=O) groups is 3. The zero-order valence-corrected chi connectivity index (χ0v) is 25.2. The molecule has 13 nitrogen and oxygen atoms in total. The lowest BCUT2D eigenvalue weighted by atomic mass is 10.0. The Morgan fingerprint density at radius 1 is 1.19 bits per heavy atom. The molecule has 4 aromatic rings. The molecule has 1 fully saturated rings. The van der Waals surface area contributed by atoms with Crippen molar-refractivity contribution in [2.75, 3.05) is 5.32 Å². The number of nitrogens with one attached hydrogen (secondary N) is 1. The number of amides is 2. The fourth-order valence-corrected chi connectivity index (χ4v) is 5.51. The van der Waals surface area contributed by atoms with Gasteiger partial charge in [0.1, 0.15) is 34.5 Å². The van der Waals surface area contributed by atoms with Gasteiger partial charge in [0.25, 0.3) is 0 Å². The number of rotatable bonds is 8. The number of likely N-dealkylation sites (tertiary alicyclic amines) is 1. The largest absolute Gasteiger partial charge is 0.411 e. The van der Waals surface area contributed by atoms with Crippen LogP contribution in [-0.4, -0.2) is 75.7 Å². The van der Waals surface area contributed by atoms with Crippen molar-refractivity contribution in [2.45, 2.75) is 45.8 Å². The maximum Gasteiger partial charge on any atom is 0.248 e. The smallest absolute Gasteiger partial charge is 0.248 e. The highest BCUT2D eigenvalue weighted by molar-refractivity contribution is 9.10. The van der Waals surface area contributed by atoms with Crippen LogP contribution in [0.15, 0.2) is 59.2 Å². The zero-order valence-electron chi connectivity index (χ0n) is 23.6. The molecule has 5 rings (SSSR count). The summed E-state index contributed by atoms with van der Waals surface area (Å²) in [5, 5.41) is 20.2. The maximum absolute atomic E-state index is 14.0. The topological polar surface area (TPSA) is 168 Å². The SMILES string of the molecule is C=C[C@@H]1[C@@H](/C=N/O)C[C@@H](C(=O)Nc2nc(Br)ccc2C)N1C(=O)Cn1nc(C(C)=O)c2cc(-c3cnc(C)nc3)ncc21. The van der Waals surface area contributed by atoms with Crippen LogP contribution in [0, 0.1) is 19.8 Å². The van der Waals surface area contributed by atoms with Crippen molar-refractivity contribution < 1.29 is 19.6 Å². The number of aromatic nitrogens is 6. The van der Waals surface area contributed by atoms with E-state index in [2.05, 4.69) is 58.0 Å². The molecule has 0 unspecified atom stereocenters. The Balaban J connectivity index is 1.49. The number of halogens is 1. The Morgan fingerprint density at radius 3 is 2.60 bits per heavy atom. The third kappa shape index (κ3) is 5.91. The van der Waals surface area contributed by atoms with Gasteiger partial charge >= 0.3 is 0 Å². The van der Waals surface area contributed by atoms with E-state index in [9.17, 15) is 19.6 Å². The normalized spacial score (nSPS) is 18.3. The molecule has 2 amide bonds. The average molecular weight is 647 g/mol. The van der Waals surface area contributed by atoms with Crippen LogP contribution >= 0.6 is 15.9 Å². The number of Topliss-reactive ketones (excluding diaryl/α,β-unsaturated/α-hetero) is 1.